The minimum atomic E-state index is -0.0317. The van der Waals surface area contributed by atoms with Crippen LogP contribution in [0.25, 0.3) is 0 Å². The predicted molar refractivity (Wildman–Crippen MR) is 51.9 cm³/mol. The van der Waals surface area contributed by atoms with Gasteiger partial charge in [-0.15, -0.1) is 0 Å². The van der Waals surface area contributed by atoms with E-state index in [1.807, 2.05) is 18.2 Å². The smallest absolute Gasteiger partial charge is 0.254 e. The Morgan fingerprint density at radius 3 is 2.79 bits per heavy atom. The zero-order valence-electron chi connectivity index (χ0n) is 7.99. The van der Waals surface area contributed by atoms with E-state index in [0.29, 0.717) is 6.54 Å². The molecule has 72 valence electrons. The lowest BCUT2D eigenvalue weighted by molar-refractivity contribution is -0.117. The molecule has 1 aliphatic heterocycles. The molecule has 14 heavy (non-hydrogen) atoms. The summed E-state index contributed by atoms with van der Waals surface area (Å²) in [6.07, 6.45) is 0. The van der Waals surface area contributed by atoms with Gasteiger partial charge in [-0.25, -0.2) is 0 Å². The number of hydrogen-bond acceptors (Lipinski definition) is 2. The molecule has 2 rings (SSSR count). The van der Waals surface area contributed by atoms with Gasteiger partial charge in [-0.1, -0.05) is 18.2 Å². The summed E-state index contributed by atoms with van der Waals surface area (Å²) in [5.74, 6) is -0.0121. The first-order valence-corrected chi connectivity index (χ1v) is 4.55. The van der Waals surface area contributed by atoms with Gasteiger partial charge in [0.2, 0.25) is 0 Å². The molecule has 0 fully saturated rings. The van der Waals surface area contributed by atoms with Crippen molar-refractivity contribution in [1.82, 2.24) is 4.90 Å². The summed E-state index contributed by atoms with van der Waals surface area (Å²) < 4.78 is 0. The van der Waals surface area contributed by atoms with E-state index in [9.17, 15) is 9.59 Å². The molecule has 0 radical (unpaired) electrons. The van der Waals surface area contributed by atoms with E-state index in [-0.39, 0.29) is 18.2 Å². The molecule has 3 heteroatoms. The maximum atomic E-state index is 11.7. The molecule has 0 unspecified atom stereocenters. The second-order valence-electron chi connectivity index (χ2n) is 3.52. The molecular formula is C11H11NO2. The van der Waals surface area contributed by atoms with E-state index in [2.05, 4.69) is 0 Å². The van der Waals surface area contributed by atoms with Gasteiger partial charge in [-0.2, -0.15) is 0 Å². The first-order valence-electron chi connectivity index (χ1n) is 4.55. The van der Waals surface area contributed by atoms with Crippen LogP contribution in [0.4, 0.5) is 0 Å². The third-order valence-corrected chi connectivity index (χ3v) is 2.31. The van der Waals surface area contributed by atoms with Crippen molar-refractivity contribution >= 4 is 11.7 Å². The van der Waals surface area contributed by atoms with Crippen LogP contribution in [0.2, 0.25) is 0 Å². The number of ketones is 1. The second-order valence-corrected chi connectivity index (χ2v) is 3.52. The molecule has 1 heterocycles. The molecule has 0 saturated heterocycles. The van der Waals surface area contributed by atoms with Crippen molar-refractivity contribution in [3.63, 3.8) is 0 Å². The number of nitrogens with zero attached hydrogens (tertiary/aromatic N) is 1. The number of amides is 1. The van der Waals surface area contributed by atoms with E-state index >= 15 is 0 Å². The maximum Gasteiger partial charge on any atom is 0.254 e. The standard InChI is InChI=1S/C11H11NO2/c1-8(13)6-12-7-9-4-2-3-5-10(9)11(12)14/h2-5H,6-7H2,1H3. The SMILES string of the molecule is CC(=O)CN1Cc2ccccc2C1=O. The number of fused-ring (bicyclic) bond motifs is 1. The van der Waals surface area contributed by atoms with E-state index in [4.69, 9.17) is 0 Å². The highest BCUT2D eigenvalue weighted by Crippen LogP contribution is 2.21. The highest BCUT2D eigenvalue weighted by molar-refractivity contribution is 6.00. The Kier molecular flexibility index (Phi) is 2.08. The number of rotatable bonds is 2. The van der Waals surface area contributed by atoms with Gasteiger partial charge < -0.3 is 4.90 Å². The number of carbonyl (C=O) groups is 2. The molecule has 0 aromatic heterocycles. The van der Waals surface area contributed by atoms with Gasteiger partial charge in [0, 0.05) is 12.1 Å². The van der Waals surface area contributed by atoms with E-state index in [0.717, 1.165) is 11.1 Å². The fourth-order valence-electron chi connectivity index (χ4n) is 1.71. The zero-order chi connectivity index (χ0) is 10.1. The molecule has 1 aliphatic rings. The monoisotopic (exact) mass is 189 g/mol. The number of hydrogen-bond donors (Lipinski definition) is 0. The first kappa shape index (κ1) is 8.94. The Bertz CT molecular complexity index is 398. The summed E-state index contributed by atoms with van der Waals surface area (Å²) in [4.78, 5) is 24.2. The second kappa shape index (κ2) is 3.25. The van der Waals surface area contributed by atoms with Crippen LogP contribution in [-0.4, -0.2) is 23.1 Å². The lowest BCUT2D eigenvalue weighted by Gasteiger charge is -2.12. The summed E-state index contributed by atoms with van der Waals surface area (Å²) >= 11 is 0. The predicted octanol–water partition coefficient (Wildman–Crippen LogP) is 1.23. The van der Waals surface area contributed by atoms with Crippen molar-refractivity contribution in [2.45, 2.75) is 13.5 Å². The van der Waals surface area contributed by atoms with E-state index in [1.54, 1.807) is 11.0 Å². The fourth-order valence-corrected chi connectivity index (χ4v) is 1.71. The number of Topliss-reactive ketones (excluding diaryl/α,β-unsaturated/α-hetero) is 1. The largest absolute Gasteiger partial charge is 0.327 e. The maximum absolute atomic E-state index is 11.7. The fraction of sp³-hybridized carbons (Fsp3) is 0.273. The van der Waals surface area contributed by atoms with Crippen LogP contribution < -0.4 is 0 Å². The third kappa shape index (κ3) is 1.41. The third-order valence-electron chi connectivity index (χ3n) is 2.31. The van der Waals surface area contributed by atoms with Gasteiger partial charge >= 0.3 is 0 Å². The van der Waals surface area contributed by atoms with Crippen molar-refractivity contribution in [2.75, 3.05) is 6.54 Å². The number of benzene rings is 1. The minimum absolute atomic E-state index is 0.0196. The van der Waals surface area contributed by atoms with Crippen LogP contribution in [0, 0.1) is 0 Å². The summed E-state index contributed by atoms with van der Waals surface area (Å²) in [7, 11) is 0. The van der Waals surface area contributed by atoms with Crippen LogP contribution in [-0.2, 0) is 11.3 Å². The Balaban J connectivity index is 2.26. The molecular weight excluding hydrogens is 178 g/mol. The van der Waals surface area contributed by atoms with E-state index < -0.39 is 0 Å². The summed E-state index contributed by atoms with van der Waals surface area (Å²) in [6, 6.07) is 7.47. The molecule has 0 atom stereocenters. The van der Waals surface area contributed by atoms with Crippen molar-refractivity contribution in [1.29, 1.82) is 0 Å². The van der Waals surface area contributed by atoms with Crippen molar-refractivity contribution in [3.8, 4) is 0 Å². The Hall–Kier alpha value is -1.64. The normalized spacial score (nSPS) is 14.4. The molecule has 0 spiro atoms. The van der Waals surface area contributed by atoms with Gasteiger partial charge in [-0.05, 0) is 18.6 Å². The lowest BCUT2D eigenvalue weighted by Crippen LogP contribution is -2.28. The van der Waals surface area contributed by atoms with Crippen LogP contribution in [0.15, 0.2) is 24.3 Å². The van der Waals surface area contributed by atoms with Gasteiger partial charge in [0.15, 0.2) is 0 Å². The molecule has 3 nitrogen and oxygen atoms in total. The summed E-state index contributed by atoms with van der Waals surface area (Å²) in [5.41, 5.74) is 1.74. The molecule has 1 aromatic carbocycles. The van der Waals surface area contributed by atoms with Crippen molar-refractivity contribution in [3.05, 3.63) is 35.4 Å². The van der Waals surface area contributed by atoms with Crippen molar-refractivity contribution in [2.24, 2.45) is 0 Å². The summed E-state index contributed by atoms with van der Waals surface area (Å²) in [6.45, 7) is 2.28. The van der Waals surface area contributed by atoms with Crippen LogP contribution in [0.5, 0.6) is 0 Å². The van der Waals surface area contributed by atoms with Gasteiger partial charge in [0.05, 0.1) is 6.54 Å². The first-order chi connectivity index (χ1) is 6.68. The van der Waals surface area contributed by atoms with Gasteiger partial charge in [-0.3, -0.25) is 9.59 Å². The lowest BCUT2D eigenvalue weighted by atomic mass is 10.1. The Morgan fingerprint density at radius 2 is 2.14 bits per heavy atom. The van der Waals surface area contributed by atoms with Gasteiger partial charge in [0.1, 0.15) is 5.78 Å². The Morgan fingerprint density at radius 1 is 1.43 bits per heavy atom. The zero-order valence-corrected chi connectivity index (χ0v) is 7.99. The quantitative estimate of drug-likeness (QED) is 0.701. The molecule has 0 bridgehead atoms. The molecule has 0 saturated carbocycles. The molecule has 0 N–H and O–H groups in total. The highest BCUT2D eigenvalue weighted by atomic mass is 16.2. The number of carbonyl (C=O) groups excluding carboxylic acids is 2. The average Bonchev–Trinajstić information content (AvgIpc) is 2.44. The van der Waals surface area contributed by atoms with Crippen LogP contribution in [0.3, 0.4) is 0 Å². The summed E-state index contributed by atoms with van der Waals surface area (Å²) in [5, 5.41) is 0. The van der Waals surface area contributed by atoms with Crippen LogP contribution >= 0.6 is 0 Å². The molecule has 0 aliphatic carbocycles. The highest BCUT2D eigenvalue weighted by Gasteiger charge is 2.26. The molecule has 1 amide bonds. The molecule has 1 aromatic rings. The average molecular weight is 189 g/mol. The minimum Gasteiger partial charge on any atom is -0.327 e. The van der Waals surface area contributed by atoms with Crippen LogP contribution in [0.1, 0.15) is 22.8 Å². The van der Waals surface area contributed by atoms with Crippen molar-refractivity contribution < 1.29 is 9.59 Å². The van der Waals surface area contributed by atoms with E-state index in [1.165, 1.54) is 6.92 Å². The topological polar surface area (TPSA) is 37.4 Å². The Labute approximate surface area is 82.3 Å². The van der Waals surface area contributed by atoms with Gasteiger partial charge in [0.25, 0.3) is 5.91 Å².